The highest BCUT2D eigenvalue weighted by molar-refractivity contribution is 7.95. The Kier molecular flexibility index (Phi) is 6.79. The summed E-state index contributed by atoms with van der Waals surface area (Å²) in [5.74, 6) is 0.235. The number of hydrogen-bond acceptors (Lipinski definition) is 6. The summed E-state index contributed by atoms with van der Waals surface area (Å²) in [5.41, 5.74) is 1.76. The van der Waals surface area contributed by atoms with Gasteiger partial charge in [0.05, 0.1) is 41.9 Å². The topological polar surface area (TPSA) is 71.1 Å². The third kappa shape index (κ3) is 4.45. The van der Waals surface area contributed by atoms with Crippen molar-refractivity contribution in [3.8, 4) is 17.2 Å². The van der Waals surface area contributed by atoms with E-state index in [1.54, 1.807) is 67.8 Å². The van der Waals surface area contributed by atoms with Gasteiger partial charge in [0.15, 0.2) is 17.3 Å². The Bertz CT molecular complexity index is 1310. The minimum Gasteiger partial charge on any atom is -0.497 e. The van der Waals surface area contributed by atoms with Gasteiger partial charge in [-0.3, -0.25) is 0 Å². The van der Waals surface area contributed by atoms with Crippen LogP contribution < -0.4 is 14.2 Å². The molecule has 0 bridgehead atoms. The molecule has 6 nitrogen and oxygen atoms in total. The third-order valence-corrected chi connectivity index (χ3v) is 6.73. The molecule has 0 aliphatic carbocycles. The molecule has 0 saturated heterocycles. The van der Waals surface area contributed by atoms with Crippen LogP contribution in [0.4, 0.5) is 4.39 Å². The fraction of sp³-hybridized carbons (Fsp3) is 0.115. The van der Waals surface area contributed by atoms with Gasteiger partial charge in [0.2, 0.25) is 0 Å². The zero-order valence-electron chi connectivity index (χ0n) is 18.7. The summed E-state index contributed by atoms with van der Waals surface area (Å²) in [6.07, 6.45) is 2.92. The van der Waals surface area contributed by atoms with Crippen molar-refractivity contribution in [2.75, 3.05) is 21.3 Å². The Morgan fingerprint density at radius 1 is 0.882 bits per heavy atom. The second-order valence-corrected chi connectivity index (χ2v) is 8.50. The Balaban J connectivity index is 1.76. The van der Waals surface area contributed by atoms with Gasteiger partial charge in [-0.1, -0.05) is 12.1 Å². The molecule has 4 rings (SSSR count). The standard InChI is InChI=1S/C26H21FO6S/c1-30-18-11-7-17(8-12-18)25-24(20-13-14-21(31-2)23(27)26(20)34(25)29)33-19-9-4-16(5-10-19)6-15-22(28)32-3/h4-15H,1-3H3. The highest BCUT2D eigenvalue weighted by Gasteiger charge is 2.35. The minimum atomic E-state index is -1.84. The van der Waals surface area contributed by atoms with E-state index in [4.69, 9.17) is 14.2 Å². The minimum absolute atomic E-state index is 0.00387. The molecule has 1 aliphatic rings. The normalized spacial score (nSPS) is 14.8. The van der Waals surface area contributed by atoms with Crippen LogP contribution >= 0.6 is 0 Å². The van der Waals surface area contributed by atoms with Gasteiger partial charge in [0, 0.05) is 11.6 Å². The van der Waals surface area contributed by atoms with E-state index < -0.39 is 22.6 Å². The van der Waals surface area contributed by atoms with Crippen LogP contribution in [0.15, 0.2) is 71.6 Å². The van der Waals surface area contributed by atoms with Crippen molar-refractivity contribution in [3.05, 3.63) is 89.2 Å². The number of hydrogen-bond donors (Lipinski definition) is 0. The number of rotatable bonds is 7. The lowest BCUT2D eigenvalue weighted by Gasteiger charge is -2.11. The second kappa shape index (κ2) is 9.93. The molecule has 0 N–H and O–H groups in total. The van der Waals surface area contributed by atoms with Crippen molar-refractivity contribution in [1.29, 1.82) is 0 Å². The molecule has 3 aromatic rings. The molecule has 34 heavy (non-hydrogen) atoms. The van der Waals surface area contributed by atoms with Crippen LogP contribution in [0.5, 0.6) is 17.2 Å². The number of esters is 1. The fourth-order valence-corrected chi connectivity index (χ4v) is 4.94. The van der Waals surface area contributed by atoms with E-state index in [2.05, 4.69) is 4.74 Å². The number of methoxy groups -OCH3 is 3. The van der Waals surface area contributed by atoms with Crippen LogP contribution in [-0.4, -0.2) is 31.5 Å². The van der Waals surface area contributed by atoms with E-state index >= 15 is 4.39 Å². The van der Waals surface area contributed by atoms with Crippen LogP contribution in [0.3, 0.4) is 0 Å². The zero-order chi connectivity index (χ0) is 24.2. The first-order valence-corrected chi connectivity index (χ1v) is 11.3. The Morgan fingerprint density at radius 2 is 1.56 bits per heavy atom. The number of carbonyl (C=O) groups excluding carboxylic acids is 1. The highest BCUT2D eigenvalue weighted by Crippen LogP contribution is 2.45. The van der Waals surface area contributed by atoms with E-state index in [-0.39, 0.29) is 16.4 Å². The van der Waals surface area contributed by atoms with Crippen molar-refractivity contribution >= 4 is 33.5 Å². The van der Waals surface area contributed by atoms with E-state index in [0.29, 0.717) is 27.5 Å². The van der Waals surface area contributed by atoms with Gasteiger partial charge in [0.25, 0.3) is 0 Å². The van der Waals surface area contributed by atoms with E-state index in [9.17, 15) is 9.00 Å². The fourth-order valence-electron chi connectivity index (χ4n) is 3.44. The molecule has 1 unspecified atom stereocenters. The molecule has 174 valence electrons. The molecular formula is C26H21FO6S. The molecular weight excluding hydrogens is 459 g/mol. The average molecular weight is 481 g/mol. The van der Waals surface area contributed by atoms with Crippen LogP contribution in [0.1, 0.15) is 16.7 Å². The van der Waals surface area contributed by atoms with Gasteiger partial charge in [0.1, 0.15) is 11.5 Å². The quantitative estimate of drug-likeness (QED) is 0.348. The first kappa shape index (κ1) is 23.3. The van der Waals surface area contributed by atoms with E-state index in [1.807, 2.05) is 0 Å². The highest BCUT2D eigenvalue weighted by atomic mass is 32.2. The first-order chi connectivity index (χ1) is 16.5. The van der Waals surface area contributed by atoms with Gasteiger partial charge in [-0.25, -0.2) is 13.4 Å². The number of halogens is 1. The van der Waals surface area contributed by atoms with Gasteiger partial charge >= 0.3 is 5.97 Å². The lowest BCUT2D eigenvalue weighted by molar-refractivity contribution is -0.134. The summed E-state index contributed by atoms with van der Waals surface area (Å²) in [6, 6.07) is 17.0. The van der Waals surface area contributed by atoms with Gasteiger partial charge in [-0.15, -0.1) is 0 Å². The molecule has 0 fully saturated rings. The number of fused-ring (bicyclic) bond motifs is 1. The maximum Gasteiger partial charge on any atom is 0.330 e. The van der Waals surface area contributed by atoms with Crippen LogP contribution in [0.2, 0.25) is 0 Å². The number of benzene rings is 3. The van der Waals surface area contributed by atoms with Gasteiger partial charge in [-0.05, 0) is 65.7 Å². The SMILES string of the molecule is COC(=O)C=Cc1ccc(OC2=C(c3ccc(OC)cc3)S(=O)c3c2ccc(OC)c3F)cc1. The average Bonchev–Trinajstić information content (AvgIpc) is 3.15. The van der Waals surface area contributed by atoms with E-state index in [1.165, 1.54) is 26.4 Å². The maximum atomic E-state index is 15.1. The first-order valence-electron chi connectivity index (χ1n) is 10.2. The summed E-state index contributed by atoms with van der Waals surface area (Å²) in [5, 5.41) is 0. The smallest absolute Gasteiger partial charge is 0.330 e. The largest absolute Gasteiger partial charge is 0.497 e. The van der Waals surface area contributed by atoms with Crippen LogP contribution in [0.25, 0.3) is 16.7 Å². The molecule has 0 amide bonds. The lowest BCUT2D eigenvalue weighted by atomic mass is 10.1. The molecule has 0 spiro atoms. The molecule has 8 heteroatoms. The van der Waals surface area contributed by atoms with Crippen LogP contribution in [-0.2, 0) is 20.3 Å². The molecule has 0 radical (unpaired) electrons. The lowest BCUT2D eigenvalue weighted by Crippen LogP contribution is -1.98. The number of ether oxygens (including phenoxy) is 4. The summed E-state index contributed by atoms with van der Waals surface area (Å²) in [7, 11) is 2.37. The summed E-state index contributed by atoms with van der Waals surface area (Å²) in [6.45, 7) is 0. The molecule has 1 atom stereocenters. The van der Waals surface area contributed by atoms with Crippen molar-refractivity contribution in [1.82, 2.24) is 0 Å². The van der Waals surface area contributed by atoms with Crippen molar-refractivity contribution < 1.29 is 32.3 Å². The summed E-state index contributed by atoms with van der Waals surface area (Å²) >= 11 is 0. The van der Waals surface area contributed by atoms with Gasteiger partial charge < -0.3 is 18.9 Å². The zero-order valence-corrected chi connectivity index (χ0v) is 19.5. The third-order valence-electron chi connectivity index (χ3n) is 5.17. The van der Waals surface area contributed by atoms with Crippen molar-refractivity contribution in [2.45, 2.75) is 4.90 Å². The van der Waals surface area contributed by atoms with E-state index in [0.717, 1.165) is 5.56 Å². The molecule has 1 heterocycles. The Hall–Kier alpha value is -3.91. The molecule has 3 aromatic carbocycles. The second-order valence-electron chi connectivity index (χ2n) is 7.14. The Morgan fingerprint density at radius 3 is 2.18 bits per heavy atom. The van der Waals surface area contributed by atoms with Crippen LogP contribution in [0, 0.1) is 5.82 Å². The summed E-state index contributed by atoms with van der Waals surface area (Å²) < 4.78 is 49.6. The van der Waals surface area contributed by atoms with Crippen molar-refractivity contribution in [3.63, 3.8) is 0 Å². The maximum absolute atomic E-state index is 15.1. The predicted octanol–water partition coefficient (Wildman–Crippen LogP) is 5.06. The predicted molar refractivity (Wildman–Crippen MR) is 127 cm³/mol. The molecule has 0 aromatic heterocycles. The number of carbonyl (C=O) groups is 1. The molecule has 0 saturated carbocycles. The van der Waals surface area contributed by atoms with Crippen molar-refractivity contribution in [2.24, 2.45) is 0 Å². The monoisotopic (exact) mass is 480 g/mol. The Labute approximate surface area is 198 Å². The van der Waals surface area contributed by atoms with Gasteiger partial charge in [-0.2, -0.15) is 0 Å². The summed E-state index contributed by atoms with van der Waals surface area (Å²) in [4.78, 5) is 11.7. The molecule has 1 aliphatic heterocycles.